The molecule has 22 heavy (non-hydrogen) atoms. The van der Waals surface area contributed by atoms with Crippen LogP contribution < -0.4 is 11.1 Å². The second-order valence-corrected chi connectivity index (χ2v) is 7.86. The quantitative estimate of drug-likeness (QED) is 0.866. The fraction of sp³-hybridized carbons (Fsp3) is 0.500. The second kappa shape index (κ2) is 5.94. The first-order valence-corrected chi connectivity index (χ1v) is 8.39. The highest BCUT2D eigenvalue weighted by Gasteiger charge is 2.39. The van der Waals surface area contributed by atoms with Crippen LogP contribution >= 0.6 is 0 Å². The van der Waals surface area contributed by atoms with Crippen LogP contribution in [-0.4, -0.2) is 38.3 Å². The van der Waals surface area contributed by atoms with E-state index in [0.717, 1.165) is 12.1 Å². The molecule has 1 aliphatic rings. The molecule has 1 aliphatic heterocycles. The van der Waals surface area contributed by atoms with E-state index >= 15 is 0 Å². The highest BCUT2D eigenvalue weighted by Crippen LogP contribution is 2.33. The monoisotopic (exact) mass is 329 g/mol. The zero-order valence-electron chi connectivity index (χ0n) is 12.6. The van der Waals surface area contributed by atoms with Gasteiger partial charge < -0.3 is 11.1 Å². The third-order valence-electron chi connectivity index (χ3n) is 3.90. The molecule has 8 heteroatoms. The summed E-state index contributed by atoms with van der Waals surface area (Å²) in [6.45, 7) is 4.28. The van der Waals surface area contributed by atoms with Gasteiger partial charge in [-0.15, -0.1) is 0 Å². The summed E-state index contributed by atoms with van der Waals surface area (Å²) in [6.07, 6.45) is 0.683. The first-order valence-electron chi connectivity index (χ1n) is 6.95. The number of carbonyl (C=O) groups excluding carboxylic acids is 1. The lowest BCUT2D eigenvalue weighted by Gasteiger charge is -2.22. The molecule has 2 rings (SSSR count). The number of sulfonamides is 1. The summed E-state index contributed by atoms with van der Waals surface area (Å²) in [4.78, 5) is 11.0. The molecule has 122 valence electrons. The Morgan fingerprint density at radius 2 is 2.18 bits per heavy atom. The molecule has 0 spiro atoms. The highest BCUT2D eigenvalue weighted by molar-refractivity contribution is 7.89. The number of halogens is 1. The Morgan fingerprint density at radius 1 is 1.50 bits per heavy atom. The maximum absolute atomic E-state index is 13.6. The van der Waals surface area contributed by atoms with Crippen LogP contribution in [0.3, 0.4) is 0 Å². The van der Waals surface area contributed by atoms with Gasteiger partial charge >= 0.3 is 0 Å². The molecule has 0 aromatic heterocycles. The number of nitrogens with two attached hydrogens (primary N) is 1. The molecule has 1 aromatic rings. The summed E-state index contributed by atoms with van der Waals surface area (Å²) in [7, 11) is -3.74. The van der Waals surface area contributed by atoms with Crippen LogP contribution in [0.1, 0.15) is 20.3 Å². The van der Waals surface area contributed by atoms with Gasteiger partial charge in [0.15, 0.2) is 0 Å². The first-order chi connectivity index (χ1) is 10.2. The summed E-state index contributed by atoms with van der Waals surface area (Å²) >= 11 is 0. The van der Waals surface area contributed by atoms with Crippen LogP contribution in [0, 0.1) is 11.2 Å². The maximum atomic E-state index is 13.6. The zero-order valence-corrected chi connectivity index (χ0v) is 13.4. The lowest BCUT2D eigenvalue weighted by Crippen LogP contribution is -2.34. The van der Waals surface area contributed by atoms with Crippen molar-refractivity contribution in [2.75, 3.05) is 25.0 Å². The minimum atomic E-state index is -3.74. The van der Waals surface area contributed by atoms with Crippen LogP contribution in [0.5, 0.6) is 0 Å². The van der Waals surface area contributed by atoms with E-state index < -0.39 is 21.7 Å². The summed E-state index contributed by atoms with van der Waals surface area (Å²) in [5, 5.41) is 2.29. The van der Waals surface area contributed by atoms with E-state index in [1.807, 2.05) is 6.92 Å². The molecule has 0 radical (unpaired) electrons. The molecule has 1 fully saturated rings. The number of anilines is 1. The second-order valence-electron chi connectivity index (χ2n) is 5.93. The molecule has 1 unspecified atom stereocenters. The molecule has 1 amide bonds. The van der Waals surface area contributed by atoms with E-state index in [1.165, 1.54) is 17.3 Å². The van der Waals surface area contributed by atoms with Crippen molar-refractivity contribution in [3.8, 4) is 0 Å². The molecule has 0 bridgehead atoms. The van der Waals surface area contributed by atoms with Crippen molar-refractivity contribution in [1.29, 1.82) is 0 Å². The summed E-state index contributed by atoms with van der Waals surface area (Å²) < 4.78 is 40.3. The average Bonchev–Trinajstić information content (AvgIpc) is 2.85. The normalized spacial score (nSPS) is 22.7. The fourth-order valence-electron chi connectivity index (χ4n) is 2.45. The molecular weight excluding hydrogens is 309 g/mol. The molecule has 6 nitrogen and oxygen atoms in total. The van der Waals surface area contributed by atoms with E-state index in [2.05, 4.69) is 5.32 Å². The maximum Gasteiger partial charge on any atom is 0.243 e. The van der Waals surface area contributed by atoms with Crippen LogP contribution in [0.15, 0.2) is 23.1 Å². The van der Waals surface area contributed by atoms with E-state index in [0.29, 0.717) is 26.1 Å². The van der Waals surface area contributed by atoms with Crippen molar-refractivity contribution in [3.63, 3.8) is 0 Å². The van der Waals surface area contributed by atoms with Crippen molar-refractivity contribution in [2.45, 2.75) is 25.2 Å². The number of amides is 1. The Kier molecular flexibility index (Phi) is 4.55. The van der Waals surface area contributed by atoms with Crippen LogP contribution in [-0.2, 0) is 14.8 Å². The molecule has 1 saturated heterocycles. The molecule has 0 aliphatic carbocycles. The van der Waals surface area contributed by atoms with Crippen LogP contribution in [0.25, 0.3) is 0 Å². The van der Waals surface area contributed by atoms with Crippen LogP contribution in [0.2, 0.25) is 0 Å². The van der Waals surface area contributed by atoms with Crippen LogP contribution in [0.4, 0.5) is 10.1 Å². The molecule has 3 N–H and O–H groups in total. The minimum Gasteiger partial charge on any atom is -0.330 e. The van der Waals surface area contributed by atoms with Crippen molar-refractivity contribution in [2.24, 2.45) is 11.1 Å². The molecule has 0 saturated carbocycles. The van der Waals surface area contributed by atoms with Gasteiger partial charge in [-0.05, 0) is 36.6 Å². The predicted molar refractivity (Wildman–Crippen MR) is 81.2 cm³/mol. The number of nitrogens with zero attached hydrogens (tertiary/aromatic N) is 1. The number of carbonyl (C=O) groups is 1. The van der Waals surface area contributed by atoms with Gasteiger partial charge in [-0.1, -0.05) is 6.92 Å². The van der Waals surface area contributed by atoms with Gasteiger partial charge in [0.1, 0.15) is 5.82 Å². The summed E-state index contributed by atoms with van der Waals surface area (Å²) in [6, 6.07) is 3.38. The number of hydrogen-bond acceptors (Lipinski definition) is 4. The smallest absolute Gasteiger partial charge is 0.243 e. The third kappa shape index (κ3) is 3.29. The summed E-state index contributed by atoms with van der Waals surface area (Å²) in [5.41, 5.74) is 5.31. The Labute approximate surface area is 129 Å². The Balaban J connectivity index is 2.32. The summed E-state index contributed by atoms with van der Waals surface area (Å²) in [5.74, 6) is -1.15. The standard InChI is InChI=1S/C14H20FN3O3S/c1-10(19)17-13-7-11(3-4-12(13)15)22(20,21)18-6-5-14(2,8-16)9-18/h3-4,7H,5-6,8-9,16H2,1-2H3,(H,17,19). The van der Waals surface area contributed by atoms with Crippen molar-refractivity contribution < 1.29 is 17.6 Å². The molecule has 1 atom stereocenters. The van der Waals surface area contributed by atoms with Gasteiger partial charge in [0, 0.05) is 20.0 Å². The molecule has 1 aromatic carbocycles. The van der Waals surface area contributed by atoms with Crippen molar-refractivity contribution in [1.82, 2.24) is 4.31 Å². The third-order valence-corrected chi connectivity index (χ3v) is 5.74. The van der Waals surface area contributed by atoms with E-state index in [1.54, 1.807) is 0 Å². The predicted octanol–water partition coefficient (Wildman–Crippen LogP) is 1.14. The van der Waals surface area contributed by atoms with Crippen molar-refractivity contribution in [3.05, 3.63) is 24.0 Å². The Hall–Kier alpha value is -1.51. The molecule has 1 heterocycles. The SMILES string of the molecule is CC(=O)Nc1cc(S(=O)(=O)N2CCC(C)(CN)C2)ccc1F. The fourth-order valence-corrected chi connectivity index (χ4v) is 4.07. The van der Waals surface area contributed by atoms with Gasteiger partial charge in [0.25, 0.3) is 0 Å². The number of benzene rings is 1. The van der Waals surface area contributed by atoms with Gasteiger partial charge in [-0.3, -0.25) is 4.79 Å². The topological polar surface area (TPSA) is 92.5 Å². The van der Waals surface area contributed by atoms with Gasteiger partial charge in [0.2, 0.25) is 15.9 Å². The van der Waals surface area contributed by atoms with E-state index in [9.17, 15) is 17.6 Å². The van der Waals surface area contributed by atoms with Crippen molar-refractivity contribution >= 4 is 21.6 Å². The average molecular weight is 329 g/mol. The lowest BCUT2D eigenvalue weighted by atomic mass is 9.90. The number of rotatable bonds is 4. The van der Waals surface area contributed by atoms with Gasteiger partial charge in [-0.2, -0.15) is 4.31 Å². The van der Waals surface area contributed by atoms with Gasteiger partial charge in [-0.25, -0.2) is 12.8 Å². The lowest BCUT2D eigenvalue weighted by molar-refractivity contribution is -0.114. The largest absolute Gasteiger partial charge is 0.330 e. The number of nitrogens with one attached hydrogen (secondary N) is 1. The molecular formula is C14H20FN3O3S. The Bertz CT molecular complexity index is 693. The highest BCUT2D eigenvalue weighted by atomic mass is 32.2. The van der Waals surface area contributed by atoms with Gasteiger partial charge in [0.05, 0.1) is 10.6 Å². The van der Waals surface area contributed by atoms with E-state index in [4.69, 9.17) is 5.73 Å². The van der Waals surface area contributed by atoms with E-state index in [-0.39, 0.29) is 16.0 Å². The number of hydrogen-bond donors (Lipinski definition) is 2. The minimum absolute atomic E-state index is 0.0427. The zero-order chi connectivity index (χ0) is 16.5. The first kappa shape index (κ1) is 16.9. The Morgan fingerprint density at radius 3 is 2.73 bits per heavy atom.